The maximum Gasteiger partial charge on any atom is 0.102 e. The summed E-state index contributed by atoms with van der Waals surface area (Å²) in [7, 11) is 9.03. The molecule has 1 unspecified atom stereocenters. The highest BCUT2D eigenvalue weighted by Crippen LogP contribution is 2.30. The molecule has 0 N–H and O–H groups in total. The molecule has 0 amide bonds. The van der Waals surface area contributed by atoms with Gasteiger partial charge in [0.05, 0.1) is 0 Å². The lowest BCUT2D eigenvalue weighted by atomic mass is 9.82. The molecular formula is C8H12BSi. The van der Waals surface area contributed by atoms with E-state index in [1.54, 1.807) is 5.98 Å². The molecule has 1 aliphatic rings. The second-order valence-corrected chi connectivity index (χ2v) is 3.30. The molecule has 0 saturated heterocycles. The summed E-state index contributed by atoms with van der Waals surface area (Å²) in [6.45, 7) is 0. The maximum absolute atomic E-state index is 5.49. The van der Waals surface area contributed by atoms with Crippen LogP contribution in [0.2, 0.25) is 6.04 Å². The molecule has 1 atom stereocenters. The van der Waals surface area contributed by atoms with Gasteiger partial charge >= 0.3 is 0 Å². The molecule has 0 aromatic heterocycles. The standard InChI is InChI=1S/C8H12BSi/c9-5-7-3-1-2-4-8(7)6-10/h5,8H,1-4,6H2/b7-5-. The van der Waals surface area contributed by atoms with E-state index in [-0.39, 0.29) is 0 Å². The average Bonchev–Trinajstić information content (AvgIpc) is 2.04. The maximum atomic E-state index is 5.49. The van der Waals surface area contributed by atoms with Gasteiger partial charge in [-0.15, -0.1) is 5.98 Å². The topological polar surface area (TPSA) is 0 Å². The van der Waals surface area contributed by atoms with E-state index in [9.17, 15) is 0 Å². The third-order valence-corrected chi connectivity index (χ3v) is 2.75. The Hall–Kier alpha value is 0.0218. The fourth-order valence-corrected chi connectivity index (χ4v) is 2.03. The van der Waals surface area contributed by atoms with Gasteiger partial charge in [0.2, 0.25) is 0 Å². The van der Waals surface area contributed by atoms with Crippen molar-refractivity contribution in [3.8, 4) is 0 Å². The summed E-state index contributed by atoms with van der Waals surface area (Å²) in [4.78, 5) is 0. The first kappa shape index (κ1) is 8.12. The van der Waals surface area contributed by atoms with Crippen LogP contribution in [0.5, 0.6) is 0 Å². The van der Waals surface area contributed by atoms with Crippen molar-refractivity contribution in [3.63, 3.8) is 0 Å². The Kier molecular flexibility index (Phi) is 3.26. The van der Waals surface area contributed by atoms with Crippen LogP contribution in [0.15, 0.2) is 11.5 Å². The summed E-state index contributed by atoms with van der Waals surface area (Å²) in [5.74, 6) is 2.51. The molecule has 0 nitrogen and oxygen atoms in total. The lowest BCUT2D eigenvalue weighted by Gasteiger charge is -2.23. The summed E-state index contributed by atoms with van der Waals surface area (Å²) >= 11 is 0. The van der Waals surface area contributed by atoms with Crippen LogP contribution >= 0.6 is 0 Å². The van der Waals surface area contributed by atoms with Gasteiger partial charge in [-0.25, -0.2) is 0 Å². The molecule has 0 heterocycles. The minimum Gasteiger partial charge on any atom is -0.132 e. The Labute approximate surface area is 67.9 Å². The van der Waals surface area contributed by atoms with Crippen molar-refractivity contribution in [2.24, 2.45) is 5.92 Å². The SMILES string of the molecule is [B]/C=C1/CCCCC1C[Si]. The lowest BCUT2D eigenvalue weighted by Crippen LogP contribution is -2.09. The summed E-state index contributed by atoms with van der Waals surface area (Å²) in [6.07, 6.45) is 5.22. The Morgan fingerprint density at radius 2 is 2.40 bits per heavy atom. The number of allylic oxidation sites excluding steroid dienone is 1. The van der Waals surface area contributed by atoms with Gasteiger partial charge < -0.3 is 0 Å². The van der Waals surface area contributed by atoms with Gasteiger partial charge in [-0.05, 0) is 25.2 Å². The van der Waals surface area contributed by atoms with Crippen LogP contribution in [-0.2, 0) is 0 Å². The second-order valence-electron chi connectivity index (χ2n) is 2.89. The molecule has 1 rings (SSSR count). The van der Waals surface area contributed by atoms with Crippen LogP contribution < -0.4 is 0 Å². The van der Waals surface area contributed by atoms with E-state index < -0.39 is 0 Å². The quantitative estimate of drug-likeness (QED) is 0.496. The van der Waals surface area contributed by atoms with Gasteiger partial charge in [0.1, 0.15) is 7.85 Å². The first-order valence-electron chi connectivity index (χ1n) is 3.93. The predicted molar refractivity (Wildman–Crippen MR) is 46.4 cm³/mol. The second kappa shape index (κ2) is 4.02. The fraction of sp³-hybridized carbons (Fsp3) is 0.750. The van der Waals surface area contributed by atoms with E-state index in [4.69, 9.17) is 7.85 Å². The average molecular weight is 147 g/mol. The molecule has 0 bridgehead atoms. The zero-order chi connectivity index (χ0) is 7.40. The number of rotatable bonds is 1. The van der Waals surface area contributed by atoms with Gasteiger partial charge in [0.25, 0.3) is 0 Å². The van der Waals surface area contributed by atoms with E-state index >= 15 is 0 Å². The smallest absolute Gasteiger partial charge is 0.102 e. The van der Waals surface area contributed by atoms with Gasteiger partial charge in [-0.2, -0.15) is 0 Å². The molecule has 0 spiro atoms. The van der Waals surface area contributed by atoms with Crippen molar-refractivity contribution in [1.29, 1.82) is 0 Å². The first-order valence-corrected chi connectivity index (χ1v) is 4.64. The van der Waals surface area contributed by atoms with Crippen LogP contribution in [0.25, 0.3) is 0 Å². The number of hydrogen-bond acceptors (Lipinski definition) is 0. The van der Waals surface area contributed by atoms with Crippen LogP contribution in [0.1, 0.15) is 25.7 Å². The van der Waals surface area contributed by atoms with Crippen molar-refractivity contribution < 1.29 is 0 Å². The van der Waals surface area contributed by atoms with E-state index in [1.165, 1.54) is 31.3 Å². The van der Waals surface area contributed by atoms with Gasteiger partial charge in [0.15, 0.2) is 0 Å². The van der Waals surface area contributed by atoms with E-state index in [2.05, 4.69) is 10.2 Å². The highest BCUT2D eigenvalue weighted by Gasteiger charge is 2.14. The first-order chi connectivity index (χ1) is 4.88. The monoisotopic (exact) mass is 147 g/mol. The zero-order valence-corrected chi connectivity index (χ0v) is 7.27. The Morgan fingerprint density at radius 1 is 1.60 bits per heavy atom. The predicted octanol–water partition coefficient (Wildman–Crippen LogP) is 1.82. The molecule has 1 saturated carbocycles. The Bertz CT molecular complexity index is 131. The molecule has 1 fully saturated rings. The van der Waals surface area contributed by atoms with Crippen LogP contribution in [-0.4, -0.2) is 18.1 Å². The van der Waals surface area contributed by atoms with Gasteiger partial charge in [0, 0.05) is 10.2 Å². The summed E-state index contributed by atoms with van der Waals surface area (Å²) in [5.41, 5.74) is 1.45. The Morgan fingerprint density at radius 3 is 2.90 bits per heavy atom. The highest BCUT2D eigenvalue weighted by molar-refractivity contribution is 6.17. The van der Waals surface area contributed by atoms with Crippen molar-refractivity contribution in [3.05, 3.63) is 11.5 Å². The minimum atomic E-state index is 0.718. The molecule has 0 aromatic carbocycles. The largest absolute Gasteiger partial charge is 0.132 e. The summed E-state index contributed by atoms with van der Waals surface area (Å²) in [5, 5.41) is 0. The van der Waals surface area contributed by atoms with Crippen molar-refractivity contribution in [1.82, 2.24) is 0 Å². The fourth-order valence-electron chi connectivity index (χ4n) is 1.56. The third-order valence-electron chi connectivity index (χ3n) is 2.25. The van der Waals surface area contributed by atoms with Gasteiger partial charge in [-0.3, -0.25) is 0 Å². The van der Waals surface area contributed by atoms with Crippen molar-refractivity contribution >= 4 is 18.1 Å². The van der Waals surface area contributed by atoms with Crippen LogP contribution in [0.3, 0.4) is 0 Å². The van der Waals surface area contributed by atoms with Crippen LogP contribution in [0.4, 0.5) is 0 Å². The highest BCUT2D eigenvalue weighted by atomic mass is 28.1. The van der Waals surface area contributed by atoms with Gasteiger partial charge in [-0.1, -0.05) is 18.0 Å². The normalized spacial score (nSPS) is 30.9. The Balaban J connectivity index is 2.50. The van der Waals surface area contributed by atoms with E-state index in [0.29, 0.717) is 0 Å². The molecule has 10 heavy (non-hydrogen) atoms. The van der Waals surface area contributed by atoms with E-state index in [0.717, 1.165) is 12.0 Å². The van der Waals surface area contributed by atoms with E-state index in [1.807, 2.05) is 0 Å². The van der Waals surface area contributed by atoms with Crippen molar-refractivity contribution in [2.75, 3.05) is 0 Å². The minimum absolute atomic E-state index is 0.718. The lowest BCUT2D eigenvalue weighted by molar-refractivity contribution is 0.485. The summed E-state index contributed by atoms with van der Waals surface area (Å²) in [6, 6.07) is 1.07. The summed E-state index contributed by atoms with van der Waals surface area (Å²) < 4.78 is 0. The molecule has 2 heteroatoms. The molecular weight excluding hydrogens is 135 g/mol. The molecule has 0 aliphatic heterocycles. The number of hydrogen-bond donors (Lipinski definition) is 0. The van der Waals surface area contributed by atoms with Crippen LogP contribution in [0, 0.1) is 5.92 Å². The molecule has 1 aliphatic carbocycles. The molecule has 5 radical (unpaired) electrons. The zero-order valence-electron chi connectivity index (χ0n) is 6.27. The molecule has 51 valence electrons. The van der Waals surface area contributed by atoms with Crippen molar-refractivity contribution in [2.45, 2.75) is 31.7 Å². The molecule has 0 aromatic rings. The third kappa shape index (κ3) is 1.75.